The normalized spacial score (nSPS) is 14.8. The Hall–Kier alpha value is -3.59. The van der Waals surface area contributed by atoms with Crippen molar-refractivity contribution in [2.75, 3.05) is 5.32 Å². The predicted octanol–water partition coefficient (Wildman–Crippen LogP) is 5.04. The van der Waals surface area contributed by atoms with Crippen molar-refractivity contribution in [1.82, 2.24) is 10.2 Å². The van der Waals surface area contributed by atoms with E-state index in [0.717, 1.165) is 24.0 Å². The van der Waals surface area contributed by atoms with E-state index < -0.39 is 47.9 Å². The summed E-state index contributed by atoms with van der Waals surface area (Å²) in [6, 6.07) is 10.1. The minimum Gasteiger partial charge on any atom is -0.444 e. The molecular formula is C30H39ClN4O5. The molecule has 0 aliphatic heterocycles. The lowest BCUT2D eigenvalue weighted by atomic mass is 9.87. The van der Waals surface area contributed by atoms with Gasteiger partial charge in [0.15, 0.2) is 0 Å². The van der Waals surface area contributed by atoms with Crippen molar-refractivity contribution in [3.8, 4) is 0 Å². The second kappa shape index (κ2) is 13.2. The minimum absolute atomic E-state index is 0.280. The van der Waals surface area contributed by atoms with Crippen molar-refractivity contribution in [2.45, 2.75) is 90.4 Å². The standard InChI is InChI=1S/C30H39ClN4O5/c1-6-19-13-15-20(16-14-19)26(27(37)34-25-18(2)9-7-12-22(25)31)35(21-10-8-11-21)28(38)23(17-24(32)36)33-29(39)40-30(3,4)5/h7,9,12-16,21,23,26H,6,8,10-11,17H2,1-5H3,(H2,32,36)(H,33,39)(H,34,37). The Labute approximate surface area is 240 Å². The first-order chi connectivity index (χ1) is 18.8. The number of benzene rings is 2. The molecule has 2 aromatic rings. The molecule has 2 aromatic carbocycles. The highest BCUT2D eigenvalue weighted by molar-refractivity contribution is 6.34. The third-order valence-electron chi connectivity index (χ3n) is 6.82. The number of aryl methyl sites for hydroxylation is 2. The highest BCUT2D eigenvalue weighted by Crippen LogP contribution is 2.35. The molecule has 3 rings (SSSR count). The van der Waals surface area contributed by atoms with Crippen molar-refractivity contribution in [3.05, 3.63) is 64.2 Å². The lowest BCUT2D eigenvalue weighted by Gasteiger charge is -2.43. The van der Waals surface area contributed by atoms with Crippen LogP contribution in [0.25, 0.3) is 0 Å². The van der Waals surface area contributed by atoms with Gasteiger partial charge in [-0.25, -0.2) is 4.79 Å². The van der Waals surface area contributed by atoms with Crippen LogP contribution in [0.3, 0.4) is 0 Å². The molecule has 1 aliphatic carbocycles. The number of nitrogens with zero attached hydrogens (tertiary/aromatic N) is 1. The zero-order valence-corrected chi connectivity index (χ0v) is 24.5. The van der Waals surface area contributed by atoms with Crippen molar-refractivity contribution in [3.63, 3.8) is 0 Å². The number of hydrogen-bond donors (Lipinski definition) is 3. The van der Waals surface area contributed by atoms with Crippen LogP contribution in [0.2, 0.25) is 5.02 Å². The number of nitrogens with one attached hydrogen (secondary N) is 2. The van der Waals surface area contributed by atoms with Gasteiger partial charge in [-0.15, -0.1) is 0 Å². The monoisotopic (exact) mass is 570 g/mol. The number of para-hydroxylation sites is 1. The van der Waals surface area contributed by atoms with E-state index in [4.69, 9.17) is 22.1 Å². The minimum atomic E-state index is -1.32. The maximum absolute atomic E-state index is 14.2. The van der Waals surface area contributed by atoms with E-state index in [1.807, 2.05) is 44.2 Å². The summed E-state index contributed by atoms with van der Waals surface area (Å²) >= 11 is 6.42. The molecular weight excluding hydrogens is 532 g/mol. The molecule has 10 heteroatoms. The zero-order valence-electron chi connectivity index (χ0n) is 23.8. The summed E-state index contributed by atoms with van der Waals surface area (Å²) in [5.74, 6) is -1.83. The van der Waals surface area contributed by atoms with Crippen LogP contribution >= 0.6 is 11.6 Å². The maximum atomic E-state index is 14.2. The van der Waals surface area contributed by atoms with Crippen LogP contribution in [0.4, 0.5) is 10.5 Å². The van der Waals surface area contributed by atoms with Crippen molar-refractivity contribution < 1.29 is 23.9 Å². The molecule has 0 spiro atoms. The number of hydrogen-bond acceptors (Lipinski definition) is 5. The van der Waals surface area contributed by atoms with Gasteiger partial charge in [-0.2, -0.15) is 0 Å². The van der Waals surface area contributed by atoms with Gasteiger partial charge in [-0.3, -0.25) is 14.4 Å². The van der Waals surface area contributed by atoms with E-state index in [0.29, 0.717) is 29.1 Å². The van der Waals surface area contributed by atoms with Crippen LogP contribution in [-0.2, 0) is 25.5 Å². The third kappa shape index (κ3) is 7.97. The van der Waals surface area contributed by atoms with Crippen LogP contribution in [0.1, 0.15) is 76.1 Å². The summed E-state index contributed by atoms with van der Waals surface area (Å²) in [5, 5.41) is 5.81. The zero-order chi connectivity index (χ0) is 29.6. The largest absolute Gasteiger partial charge is 0.444 e. The first-order valence-electron chi connectivity index (χ1n) is 13.6. The van der Waals surface area contributed by atoms with Gasteiger partial charge >= 0.3 is 6.09 Å². The third-order valence-corrected chi connectivity index (χ3v) is 7.13. The number of rotatable bonds is 10. The summed E-state index contributed by atoms with van der Waals surface area (Å²) in [6.45, 7) is 8.93. The molecule has 0 aromatic heterocycles. The van der Waals surface area contributed by atoms with Gasteiger partial charge in [-0.1, -0.05) is 54.9 Å². The molecule has 4 amide bonds. The first-order valence-corrected chi connectivity index (χ1v) is 13.9. The number of anilines is 1. The second-order valence-electron chi connectivity index (χ2n) is 11.1. The number of ether oxygens (including phenoxy) is 1. The second-order valence-corrected chi connectivity index (χ2v) is 11.5. The van der Waals surface area contributed by atoms with Crippen molar-refractivity contribution in [1.29, 1.82) is 0 Å². The Morgan fingerprint density at radius 1 is 1.10 bits per heavy atom. The number of amides is 4. The Morgan fingerprint density at radius 2 is 1.75 bits per heavy atom. The summed E-state index contributed by atoms with van der Waals surface area (Å²) < 4.78 is 5.34. The van der Waals surface area contributed by atoms with Crippen molar-refractivity contribution in [2.24, 2.45) is 5.73 Å². The van der Waals surface area contributed by atoms with E-state index >= 15 is 0 Å². The topological polar surface area (TPSA) is 131 Å². The molecule has 0 heterocycles. The SMILES string of the molecule is CCc1ccc(C(C(=O)Nc2c(C)cccc2Cl)N(C(=O)C(CC(N)=O)NC(=O)OC(C)(C)C)C2CCC2)cc1. The van der Waals surface area contributed by atoms with Crippen LogP contribution in [-0.4, -0.2) is 46.4 Å². The first kappa shape index (κ1) is 30.9. The number of carbonyl (C=O) groups is 4. The lowest BCUT2D eigenvalue weighted by Crippen LogP contribution is -2.57. The molecule has 4 N–H and O–H groups in total. The lowest BCUT2D eigenvalue weighted by molar-refractivity contribution is -0.146. The maximum Gasteiger partial charge on any atom is 0.408 e. The molecule has 2 atom stereocenters. The number of nitrogens with two attached hydrogens (primary N) is 1. The molecule has 1 aliphatic rings. The number of halogens is 1. The smallest absolute Gasteiger partial charge is 0.408 e. The van der Waals surface area contributed by atoms with E-state index in [-0.39, 0.29) is 6.04 Å². The average molecular weight is 571 g/mol. The molecule has 216 valence electrons. The summed E-state index contributed by atoms with van der Waals surface area (Å²) in [7, 11) is 0. The molecule has 1 saturated carbocycles. The highest BCUT2D eigenvalue weighted by atomic mass is 35.5. The van der Waals surface area contributed by atoms with E-state index in [1.165, 1.54) is 4.90 Å². The number of carbonyl (C=O) groups excluding carboxylic acids is 4. The predicted molar refractivity (Wildman–Crippen MR) is 155 cm³/mol. The summed E-state index contributed by atoms with van der Waals surface area (Å²) in [4.78, 5) is 54.3. The van der Waals surface area contributed by atoms with E-state index in [9.17, 15) is 19.2 Å². The fourth-order valence-corrected chi connectivity index (χ4v) is 4.84. The van der Waals surface area contributed by atoms with E-state index in [1.54, 1.807) is 32.9 Å². The summed E-state index contributed by atoms with van der Waals surface area (Å²) in [5.41, 5.74) is 7.53. The van der Waals surface area contributed by atoms with Crippen LogP contribution in [0.5, 0.6) is 0 Å². The fourth-order valence-electron chi connectivity index (χ4n) is 4.57. The van der Waals surface area contributed by atoms with E-state index in [2.05, 4.69) is 10.6 Å². The average Bonchev–Trinajstić information content (AvgIpc) is 2.83. The van der Waals surface area contributed by atoms with Gasteiger partial charge < -0.3 is 26.0 Å². The van der Waals surface area contributed by atoms with Crippen LogP contribution in [0, 0.1) is 6.92 Å². The fraction of sp³-hybridized carbons (Fsp3) is 0.467. The van der Waals surface area contributed by atoms with Gasteiger partial charge in [0.1, 0.15) is 17.7 Å². The molecule has 2 unspecified atom stereocenters. The molecule has 9 nitrogen and oxygen atoms in total. The number of primary amides is 1. The highest BCUT2D eigenvalue weighted by Gasteiger charge is 2.42. The molecule has 1 fully saturated rings. The Kier molecular flexibility index (Phi) is 10.2. The van der Waals surface area contributed by atoms with Crippen LogP contribution < -0.4 is 16.4 Å². The van der Waals surface area contributed by atoms with Gasteiger partial charge in [0.25, 0.3) is 5.91 Å². The number of alkyl carbamates (subject to hydrolysis) is 1. The van der Waals surface area contributed by atoms with Gasteiger partial charge in [0.2, 0.25) is 11.8 Å². The molecule has 40 heavy (non-hydrogen) atoms. The Balaban J connectivity index is 2.06. The molecule has 0 radical (unpaired) electrons. The Bertz CT molecular complexity index is 1220. The Morgan fingerprint density at radius 3 is 2.25 bits per heavy atom. The van der Waals surface area contributed by atoms with Crippen molar-refractivity contribution >= 4 is 41.1 Å². The van der Waals surface area contributed by atoms with Gasteiger partial charge in [0, 0.05) is 6.04 Å². The summed E-state index contributed by atoms with van der Waals surface area (Å²) in [6.07, 6.45) is 1.71. The van der Waals surface area contributed by atoms with Gasteiger partial charge in [-0.05, 0) is 76.1 Å². The quantitative estimate of drug-likeness (QED) is 0.368. The molecule has 0 bridgehead atoms. The molecule has 0 saturated heterocycles. The van der Waals surface area contributed by atoms with Gasteiger partial charge in [0.05, 0.1) is 17.1 Å². The van der Waals surface area contributed by atoms with Crippen LogP contribution in [0.15, 0.2) is 42.5 Å².